The minimum atomic E-state index is 0.0560. The quantitative estimate of drug-likeness (QED) is 0.891. The van der Waals surface area contributed by atoms with E-state index in [4.69, 9.17) is 0 Å². The summed E-state index contributed by atoms with van der Waals surface area (Å²) in [7, 11) is 0. The van der Waals surface area contributed by atoms with Crippen LogP contribution in [0.4, 0.5) is 4.79 Å². The fourth-order valence-electron chi connectivity index (χ4n) is 3.02. The van der Waals surface area contributed by atoms with Crippen LogP contribution in [0, 0.1) is 0 Å². The van der Waals surface area contributed by atoms with Crippen LogP contribution in [0.5, 0.6) is 0 Å². The van der Waals surface area contributed by atoms with Crippen LogP contribution in [0.25, 0.3) is 11.0 Å². The molecule has 0 aromatic carbocycles. The van der Waals surface area contributed by atoms with Crippen LogP contribution in [-0.4, -0.2) is 40.0 Å². The number of amides is 2. The highest BCUT2D eigenvalue weighted by atomic mass is 16.2. The van der Waals surface area contributed by atoms with Crippen molar-refractivity contribution in [3.63, 3.8) is 0 Å². The molecule has 2 aromatic rings. The third-order valence-electron chi connectivity index (χ3n) is 4.10. The molecule has 0 spiro atoms. The fraction of sp³-hybridized carbons (Fsp3) is 0.500. The van der Waals surface area contributed by atoms with E-state index in [9.17, 15) is 4.79 Å². The zero-order chi connectivity index (χ0) is 14.8. The minimum absolute atomic E-state index is 0.0560. The summed E-state index contributed by atoms with van der Waals surface area (Å²) < 4.78 is 0. The summed E-state index contributed by atoms with van der Waals surface area (Å²) in [5.41, 5.74) is 3.45. The van der Waals surface area contributed by atoms with Gasteiger partial charge in [0.25, 0.3) is 0 Å². The van der Waals surface area contributed by atoms with Gasteiger partial charge in [-0.15, -0.1) is 0 Å². The highest BCUT2D eigenvalue weighted by molar-refractivity contribution is 5.79. The second-order valence-electron chi connectivity index (χ2n) is 6.01. The van der Waals surface area contributed by atoms with Crippen LogP contribution < -0.4 is 5.32 Å². The Balaban J connectivity index is 1.67. The first-order chi connectivity index (χ1) is 10.1. The smallest absolute Gasteiger partial charge is 0.317 e. The topological polar surface area (TPSA) is 61.0 Å². The average molecular weight is 286 g/mol. The molecule has 1 fully saturated rings. The number of aromatic amines is 1. The molecule has 2 aromatic heterocycles. The first kappa shape index (κ1) is 13.9. The molecule has 5 nitrogen and oxygen atoms in total. The number of pyridine rings is 1. The molecule has 1 saturated heterocycles. The minimum Gasteiger partial charge on any atom is -0.360 e. The Labute approximate surface area is 124 Å². The van der Waals surface area contributed by atoms with E-state index in [0.717, 1.165) is 37.0 Å². The zero-order valence-electron chi connectivity index (χ0n) is 12.6. The number of piperidine rings is 1. The Morgan fingerprint density at radius 3 is 2.90 bits per heavy atom. The van der Waals surface area contributed by atoms with Gasteiger partial charge in [-0.1, -0.05) is 0 Å². The monoisotopic (exact) mass is 286 g/mol. The average Bonchev–Trinajstić information content (AvgIpc) is 2.90. The maximum Gasteiger partial charge on any atom is 0.317 e. The van der Waals surface area contributed by atoms with Gasteiger partial charge in [0.05, 0.1) is 11.0 Å². The fourth-order valence-corrected chi connectivity index (χ4v) is 3.02. The number of likely N-dealkylation sites (tertiary alicyclic amines) is 1. The summed E-state index contributed by atoms with van der Waals surface area (Å²) in [4.78, 5) is 21.7. The molecular formula is C16H22N4O. The number of hydrogen-bond acceptors (Lipinski definition) is 2. The van der Waals surface area contributed by atoms with Gasteiger partial charge in [0.2, 0.25) is 0 Å². The SMILES string of the molecule is CC(C)NC(=O)N1CCC(c2c[nH]c3cccnc23)CC1. The van der Waals surface area contributed by atoms with E-state index < -0.39 is 0 Å². The third kappa shape index (κ3) is 2.86. The molecule has 1 aliphatic rings. The lowest BCUT2D eigenvalue weighted by Crippen LogP contribution is -2.46. The van der Waals surface area contributed by atoms with Crippen LogP contribution in [0.15, 0.2) is 24.5 Å². The number of carbonyl (C=O) groups excluding carboxylic acids is 1. The van der Waals surface area contributed by atoms with Crippen molar-refractivity contribution < 1.29 is 4.79 Å². The first-order valence-corrected chi connectivity index (χ1v) is 7.62. The summed E-state index contributed by atoms with van der Waals surface area (Å²) in [6, 6.07) is 4.24. The molecule has 112 valence electrons. The van der Waals surface area contributed by atoms with Gasteiger partial charge in [0.1, 0.15) is 0 Å². The third-order valence-corrected chi connectivity index (χ3v) is 4.10. The van der Waals surface area contributed by atoms with E-state index in [2.05, 4.69) is 27.5 Å². The summed E-state index contributed by atoms with van der Waals surface area (Å²) in [6.45, 7) is 5.59. The van der Waals surface area contributed by atoms with Crippen LogP contribution in [0.2, 0.25) is 0 Å². The second kappa shape index (κ2) is 5.76. The van der Waals surface area contributed by atoms with Gasteiger partial charge in [-0.3, -0.25) is 4.98 Å². The Hall–Kier alpha value is -2.04. The molecule has 5 heteroatoms. The van der Waals surface area contributed by atoms with Gasteiger partial charge < -0.3 is 15.2 Å². The van der Waals surface area contributed by atoms with Crippen molar-refractivity contribution >= 4 is 17.1 Å². The van der Waals surface area contributed by atoms with Crippen molar-refractivity contribution in [3.05, 3.63) is 30.1 Å². The molecule has 0 radical (unpaired) electrons. The van der Waals surface area contributed by atoms with Crippen molar-refractivity contribution in [2.24, 2.45) is 0 Å². The first-order valence-electron chi connectivity index (χ1n) is 7.62. The van der Waals surface area contributed by atoms with E-state index in [1.807, 2.05) is 31.0 Å². The molecule has 2 amide bonds. The molecule has 1 aliphatic heterocycles. The Bertz CT molecular complexity index is 626. The molecule has 0 atom stereocenters. The van der Waals surface area contributed by atoms with Crippen molar-refractivity contribution in [3.8, 4) is 0 Å². The molecule has 0 saturated carbocycles. The van der Waals surface area contributed by atoms with E-state index in [1.165, 1.54) is 5.56 Å². The van der Waals surface area contributed by atoms with Crippen molar-refractivity contribution in [2.75, 3.05) is 13.1 Å². The standard InChI is InChI=1S/C16H22N4O/c1-11(2)19-16(21)20-8-5-12(6-9-20)13-10-18-14-4-3-7-17-15(13)14/h3-4,7,10-12,18H,5-6,8-9H2,1-2H3,(H,19,21). The number of nitrogens with zero attached hydrogens (tertiary/aromatic N) is 2. The Morgan fingerprint density at radius 1 is 1.43 bits per heavy atom. The number of H-pyrrole nitrogens is 1. The lowest BCUT2D eigenvalue weighted by atomic mass is 9.90. The number of rotatable bonds is 2. The number of hydrogen-bond donors (Lipinski definition) is 2. The predicted molar refractivity (Wildman–Crippen MR) is 83.3 cm³/mol. The maximum absolute atomic E-state index is 12.0. The number of nitrogens with one attached hydrogen (secondary N) is 2. The highest BCUT2D eigenvalue weighted by Gasteiger charge is 2.25. The lowest BCUT2D eigenvalue weighted by molar-refractivity contribution is 0.179. The van der Waals surface area contributed by atoms with Crippen LogP contribution in [0.3, 0.4) is 0 Å². The maximum atomic E-state index is 12.0. The van der Waals surface area contributed by atoms with Crippen molar-refractivity contribution in [1.82, 2.24) is 20.2 Å². The van der Waals surface area contributed by atoms with Gasteiger partial charge in [0.15, 0.2) is 0 Å². The second-order valence-corrected chi connectivity index (χ2v) is 6.01. The summed E-state index contributed by atoms with van der Waals surface area (Å²) in [6.07, 6.45) is 5.90. The van der Waals surface area contributed by atoms with Gasteiger partial charge in [-0.25, -0.2) is 4.79 Å². The molecule has 0 bridgehead atoms. The number of carbonyl (C=O) groups is 1. The van der Waals surface area contributed by atoms with E-state index >= 15 is 0 Å². The molecule has 3 heterocycles. The summed E-state index contributed by atoms with van der Waals surface area (Å²) >= 11 is 0. The van der Waals surface area contributed by atoms with Gasteiger partial charge in [-0.05, 0) is 50.3 Å². The summed E-state index contributed by atoms with van der Waals surface area (Å²) in [5, 5.41) is 2.96. The Morgan fingerprint density at radius 2 is 2.19 bits per heavy atom. The normalized spacial score (nSPS) is 16.6. The predicted octanol–water partition coefficient (Wildman–Crippen LogP) is 2.86. The molecule has 2 N–H and O–H groups in total. The highest BCUT2D eigenvalue weighted by Crippen LogP contribution is 2.32. The van der Waals surface area contributed by atoms with E-state index in [1.54, 1.807) is 0 Å². The van der Waals surface area contributed by atoms with E-state index in [0.29, 0.717) is 5.92 Å². The lowest BCUT2D eigenvalue weighted by Gasteiger charge is -2.32. The number of aromatic nitrogens is 2. The molecular weight excluding hydrogens is 264 g/mol. The molecule has 0 aliphatic carbocycles. The van der Waals surface area contributed by atoms with Gasteiger partial charge in [0, 0.05) is 31.5 Å². The number of fused-ring (bicyclic) bond motifs is 1. The van der Waals surface area contributed by atoms with Crippen LogP contribution >= 0.6 is 0 Å². The molecule has 0 unspecified atom stereocenters. The summed E-state index contributed by atoms with van der Waals surface area (Å²) in [5.74, 6) is 0.483. The van der Waals surface area contributed by atoms with Gasteiger partial charge in [-0.2, -0.15) is 0 Å². The van der Waals surface area contributed by atoms with E-state index in [-0.39, 0.29) is 12.1 Å². The van der Waals surface area contributed by atoms with Crippen molar-refractivity contribution in [1.29, 1.82) is 0 Å². The van der Waals surface area contributed by atoms with Crippen LogP contribution in [0.1, 0.15) is 38.2 Å². The van der Waals surface area contributed by atoms with Crippen LogP contribution in [-0.2, 0) is 0 Å². The number of urea groups is 1. The Kier molecular flexibility index (Phi) is 3.82. The van der Waals surface area contributed by atoms with Crippen molar-refractivity contribution in [2.45, 2.75) is 38.6 Å². The molecule has 21 heavy (non-hydrogen) atoms. The molecule has 3 rings (SSSR count). The zero-order valence-corrected chi connectivity index (χ0v) is 12.6. The largest absolute Gasteiger partial charge is 0.360 e. The van der Waals surface area contributed by atoms with Gasteiger partial charge >= 0.3 is 6.03 Å².